The summed E-state index contributed by atoms with van der Waals surface area (Å²) in [7, 11) is 0. The third-order valence-corrected chi connectivity index (χ3v) is 12.3. The Morgan fingerprint density at radius 2 is 0.477 bits per heavy atom. The molecule has 7 nitrogen and oxygen atoms in total. The van der Waals surface area contributed by atoms with E-state index >= 15 is 0 Å². The molecular formula is C58H114O7. The van der Waals surface area contributed by atoms with Gasteiger partial charge >= 0.3 is 0 Å². The smallest absolute Gasteiger partial charge is 0.180 e. The van der Waals surface area contributed by atoms with Crippen molar-refractivity contribution < 1.29 is 33.2 Å². The van der Waals surface area contributed by atoms with Gasteiger partial charge in [-0.05, 0) is 63.5 Å². The second kappa shape index (κ2) is 55.8. The fourth-order valence-electron chi connectivity index (χ4n) is 7.92. The monoisotopic (exact) mass is 923 g/mol. The third kappa shape index (κ3) is 49.4. The molecule has 0 saturated heterocycles. The Morgan fingerprint density at radius 1 is 0.262 bits per heavy atom. The Hall–Kier alpha value is -0.800. The lowest BCUT2D eigenvalue weighted by molar-refractivity contribution is -0.208. The highest BCUT2D eigenvalue weighted by atomic mass is 16.8. The number of allylic oxidation sites excluding steroid dienone is 2. The molecule has 0 bridgehead atoms. The molecule has 0 aromatic heterocycles. The second-order valence-corrected chi connectivity index (χ2v) is 18.9. The molecular weight excluding hydrogens is 809 g/mol. The molecule has 0 aromatic carbocycles. The van der Waals surface area contributed by atoms with Crippen LogP contribution in [0.1, 0.15) is 286 Å². The minimum atomic E-state index is -0.489. The van der Waals surface area contributed by atoms with E-state index < -0.39 is 12.6 Å². The molecule has 0 aliphatic carbocycles. The lowest BCUT2D eigenvalue weighted by Crippen LogP contribution is -2.25. The molecule has 0 aliphatic heterocycles. The molecule has 388 valence electrons. The van der Waals surface area contributed by atoms with Gasteiger partial charge in [0.15, 0.2) is 25.2 Å². The van der Waals surface area contributed by atoms with Crippen molar-refractivity contribution in [2.24, 2.45) is 0 Å². The van der Waals surface area contributed by atoms with Crippen molar-refractivity contribution in [3.8, 4) is 0 Å². The average molecular weight is 924 g/mol. The summed E-state index contributed by atoms with van der Waals surface area (Å²) in [6, 6.07) is 0. The molecule has 0 aliphatic rings. The summed E-state index contributed by atoms with van der Waals surface area (Å²) in [5.74, 6) is 0. The van der Waals surface area contributed by atoms with Gasteiger partial charge in [-0.3, -0.25) is 0 Å². The van der Waals surface area contributed by atoms with Crippen molar-refractivity contribution in [3.05, 3.63) is 24.3 Å². The van der Waals surface area contributed by atoms with Crippen molar-refractivity contribution >= 4 is 0 Å². The van der Waals surface area contributed by atoms with E-state index in [0.29, 0.717) is 13.2 Å². The maximum absolute atomic E-state index is 6.66. The summed E-state index contributed by atoms with van der Waals surface area (Å²) in [5.41, 5.74) is 0. The van der Waals surface area contributed by atoms with E-state index in [2.05, 4.69) is 65.8 Å². The predicted molar refractivity (Wildman–Crippen MR) is 280 cm³/mol. The zero-order chi connectivity index (χ0) is 47.2. The first-order valence-electron chi connectivity index (χ1n) is 28.8. The van der Waals surface area contributed by atoms with E-state index in [9.17, 15) is 0 Å². The van der Waals surface area contributed by atoms with Crippen LogP contribution in [-0.4, -0.2) is 64.8 Å². The topological polar surface area (TPSA) is 64.6 Å². The highest BCUT2D eigenvalue weighted by Crippen LogP contribution is 2.17. The standard InChI is InChI=1S/C58H114O7/c1-7-13-19-25-31-41-49-59-55(60-50-42-32-26-20-14-8-2)45-35-37-47-57(63-53-39-29-23-17-11-5)65-58(64-54-40-30-24-18-12-6)48-38-36-46-56(61-51-43-33-27-21-15-9-3)62-52-44-34-28-22-16-10-4/h37-38,47-48,55-58H,7-36,39-46,49-54H2,1-6H3. The predicted octanol–water partition coefficient (Wildman–Crippen LogP) is 18.5. The van der Waals surface area contributed by atoms with Gasteiger partial charge in [-0.1, -0.05) is 233 Å². The van der Waals surface area contributed by atoms with Crippen LogP contribution in [0.5, 0.6) is 0 Å². The maximum atomic E-state index is 6.66. The molecule has 0 saturated carbocycles. The number of hydrogen-bond acceptors (Lipinski definition) is 7. The lowest BCUT2D eigenvalue weighted by Gasteiger charge is -2.22. The largest absolute Gasteiger partial charge is 0.353 e. The average Bonchev–Trinajstić information content (AvgIpc) is 3.31. The van der Waals surface area contributed by atoms with Crippen LogP contribution in [0.2, 0.25) is 0 Å². The van der Waals surface area contributed by atoms with Gasteiger partial charge in [0.05, 0.1) is 13.2 Å². The quantitative estimate of drug-likeness (QED) is 0.0342. The third-order valence-electron chi connectivity index (χ3n) is 12.3. The van der Waals surface area contributed by atoms with Gasteiger partial charge in [0, 0.05) is 39.3 Å². The summed E-state index contributed by atoms with van der Waals surface area (Å²) in [5, 5.41) is 0. The summed E-state index contributed by atoms with van der Waals surface area (Å²) in [6.45, 7) is 18.0. The number of unbranched alkanes of at least 4 members (excludes halogenated alkanes) is 28. The molecule has 0 radical (unpaired) electrons. The number of ether oxygens (including phenoxy) is 7. The molecule has 7 heteroatoms. The van der Waals surface area contributed by atoms with Crippen LogP contribution in [0.25, 0.3) is 0 Å². The minimum Gasteiger partial charge on any atom is -0.353 e. The lowest BCUT2D eigenvalue weighted by atomic mass is 10.1. The van der Waals surface area contributed by atoms with Gasteiger partial charge in [-0.15, -0.1) is 0 Å². The highest BCUT2D eigenvalue weighted by Gasteiger charge is 2.16. The molecule has 0 amide bonds. The second-order valence-electron chi connectivity index (χ2n) is 18.9. The summed E-state index contributed by atoms with van der Waals surface area (Å²) in [4.78, 5) is 0. The Kier molecular flexibility index (Phi) is 55.1. The van der Waals surface area contributed by atoms with Crippen LogP contribution in [0.4, 0.5) is 0 Å². The van der Waals surface area contributed by atoms with Gasteiger partial charge in [0.25, 0.3) is 0 Å². The van der Waals surface area contributed by atoms with E-state index in [4.69, 9.17) is 33.2 Å². The zero-order valence-corrected chi connectivity index (χ0v) is 44.6. The Labute approximate surface area is 406 Å². The van der Waals surface area contributed by atoms with E-state index in [1.807, 2.05) is 0 Å². The summed E-state index contributed by atoms with van der Waals surface area (Å²) in [6.07, 6.45) is 52.8. The van der Waals surface area contributed by atoms with Gasteiger partial charge in [0.1, 0.15) is 0 Å². The first-order chi connectivity index (χ1) is 32.1. The molecule has 0 rings (SSSR count). The van der Waals surface area contributed by atoms with Gasteiger partial charge in [-0.25, -0.2) is 0 Å². The van der Waals surface area contributed by atoms with E-state index in [0.717, 1.165) is 90.6 Å². The van der Waals surface area contributed by atoms with Crippen molar-refractivity contribution in [3.63, 3.8) is 0 Å². The van der Waals surface area contributed by atoms with Crippen molar-refractivity contribution in [2.75, 3.05) is 39.6 Å². The molecule has 0 heterocycles. The van der Waals surface area contributed by atoms with Crippen LogP contribution in [-0.2, 0) is 33.2 Å². The molecule has 2 unspecified atom stereocenters. The molecule has 0 aromatic rings. The Morgan fingerprint density at radius 3 is 0.723 bits per heavy atom. The van der Waals surface area contributed by atoms with Crippen molar-refractivity contribution in [1.82, 2.24) is 0 Å². The molecule has 2 atom stereocenters. The van der Waals surface area contributed by atoms with E-state index in [-0.39, 0.29) is 12.6 Å². The van der Waals surface area contributed by atoms with Crippen LogP contribution in [0.15, 0.2) is 24.3 Å². The van der Waals surface area contributed by atoms with Crippen LogP contribution < -0.4 is 0 Å². The fourth-order valence-corrected chi connectivity index (χ4v) is 7.92. The number of rotatable bonds is 56. The Balaban J connectivity index is 5.70. The summed E-state index contributed by atoms with van der Waals surface area (Å²) >= 11 is 0. The first kappa shape index (κ1) is 64.2. The minimum absolute atomic E-state index is 0.176. The molecule has 0 spiro atoms. The SMILES string of the molecule is CCCCCCCCOC(CCC=CC(OCCCCCCC)OC(C=CCCC(OCCCCCCCC)OCCCCCCCC)OCCCCCCC)OCCCCCCCC. The highest BCUT2D eigenvalue weighted by molar-refractivity contribution is 4.90. The van der Waals surface area contributed by atoms with Crippen molar-refractivity contribution in [2.45, 2.75) is 311 Å². The van der Waals surface area contributed by atoms with Crippen LogP contribution >= 0.6 is 0 Å². The van der Waals surface area contributed by atoms with Crippen LogP contribution in [0, 0.1) is 0 Å². The number of hydrogen-bond donors (Lipinski definition) is 0. The van der Waals surface area contributed by atoms with Crippen molar-refractivity contribution in [1.29, 1.82) is 0 Å². The molecule has 0 N–H and O–H groups in total. The molecule has 65 heavy (non-hydrogen) atoms. The van der Waals surface area contributed by atoms with Gasteiger partial charge in [-0.2, -0.15) is 0 Å². The fraction of sp³-hybridized carbons (Fsp3) is 0.931. The van der Waals surface area contributed by atoms with E-state index in [1.54, 1.807) is 0 Å². The first-order valence-corrected chi connectivity index (χ1v) is 28.8. The zero-order valence-electron chi connectivity index (χ0n) is 44.6. The summed E-state index contributed by atoms with van der Waals surface area (Å²) < 4.78 is 45.0. The Bertz CT molecular complexity index is 820. The normalized spacial score (nSPS) is 13.2. The van der Waals surface area contributed by atoms with Gasteiger partial charge in [0.2, 0.25) is 0 Å². The van der Waals surface area contributed by atoms with Gasteiger partial charge < -0.3 is 33.2 Å². The van der Waals surface area contributed by atoms with Crippen LogP contribution in [0.3, 0.4) is 0 Å². The maximum Gasteiger partial charge on any atom is 0.180 e. The molecule has 0 fully saturated rings. The van der Waals surface area contributed by atoms with E-state index in [1.165, 1.54) is 180 Å².